The summed E-state index contributed by atoms with van der Waals surface area (Å²) in [6, 6.07) is 10.9. The molecule has 150 valence electrons. The molecular weight excluding hydrogens is 379 g/mol. The van der Waals surface area contributed by atoms with Crippen molar-refractivity contribution in [1.29, 1.82) is 0 Å². The Morgan fingerprint density at radius 1 is 1.11 bits per heavy atom. The van der Waals surface area contributed by atoms with Gasteiger partial charge in [-0.1, -0.05) is 36.4 Å². The maximum atomic E-state index is 12.7. The molecule has 7 nitrogen and oxygen atoms in total. The quantitative estimate of drug-likeness (QED) is 0.348. The number of ether oxygens (including phenoxy) is 2. The number of esters is 1. The summed E-state index contributed by atoms with van der Waals surface area (Å²) in [4.78, 5) is 27.8. The molecule has 1 aromatic heterocycles. The van der Waals surface area contributed by atoms with Gasteiger partial charge in [-0.2, -0.15) is 18.2 Å². The Labute approximate surface area is 158 Å². The Morgan fingerprint density at radius 2 is 1.79 bits per heavy atom. The van der Waals surface area contributed by atoms with Crippen molar-refractivity contribution >= 4 is 17.9 Å². The molecule has 0 radical (unpaired) electrons. The molecule has 0 spiro atoms. The van der Waals surface area contributed by atoms with E-state index in [1.807, 2.05) is 0 Å². The fraction of sp³-hybridized carbons (Fsp3) is 0.278. The van der Waals surface area contributed by atoms with Gasteiger partial charge in [-0.05, 0) is 24.1 Å². The zero-order valence-electron chi connectivity index (χ0n) is 14.9. The lowest BCUT2D eigenvalue weighted by molar-refractivity contribution is -0.127. The SMILES string of the molecule is CCOC(=O)c1nc(N(N)C(=O)OCc2ccccc2)ccc1CC(F)(F)F. The minimum atomic E-state index is -4.55. The van der Waals surface area contributed by atoms with Crippen LogP contribution in [0, 0.1) is 0 Å². The van der Waals surface area contributed by atoms with Crippen molar-refractivity contribution in [2.24, 2.45) is 5.84 Å². The van der Waals surface area contributed by atoms with Gasteiger partial charge in [0.1, 0.15) is 6.61 Å². The topological polar surface area (TPSA) is 94.8 Å². The summed E-state index contributed by atoms with van der Waals surface area (Å²) < 4.78 is 48.0. The van der Waals surface area contributed by atoms with Crippen molar-refractivity contribution in [2.45, 2.75) is 26.1 Å². The number of hydrazine groups is 1. The molecule has 0 unspecified atom stereocenters. The molecule has 0 saturated heterocycles. The minimum Gasteiger partial charge on any atom is -0.461 e. The molecule has 10 heteroatoms. The van der Waals surface area contributed by atoms with E-state index in [-0.39, 0.29) is 24.6 Å². The molecule has 1 heterocycles. The predicted octanol–water partition coefficient (Wildman–Crippen LogP) is 3.38. The van der Waals surface area contributed by atoms with E-state index in [9.17, 15) is 22.8 Å². The van der Waals surface area contributed by atoms with Crippen LogP contribution >= 0.6 is 0 Å². The largest absolute Gasteiger partial charge is 0.461 e. The third kappa shape index (κ3) is 5.95. The molecule has 2 N–H and O–H groups in total. The molecule has 1 aromatic carbocycles. The van der Waals surface area contributed by atoms with Crippen LogP contribution in [0.3, 0.4) is 0 Å². The number of nitrogens with two attached hydrogens (primary N) is 1. The fourth-order valence-electron chi connectivity index (χ4n) is 2.23. The third-order valence-electron chi connectivity index (χ3n) is 3.47. The first-order chi connectivity index (χ1) is 13.2. The van der Waals surface area contributed by atoms with Crippen LogP contribution in [0.5, 0.6) is 0 Å². The van der Waals surface area contributed by atoms with Crippen LogP contribution in [0.2, 0.25) is 0 Å². The third-order valence-corrected chi connectivity index (χ3v) is 3.47. The lowest BCUT2D eigenvalue weighted by Crippen LogP contribution is -2.39. The van der Waals surface area contributed by atoms with Gasteiger partial charge in [-0.15, -0.1) is 0 Å². The van der Waals surface area contributed by atoms with Gasteiger partial charge in [-0.3, -0.25) is 0 Å². The van der Waals surface area contributed by atoms with E-state index < -0.39 is 30.4 Å². The van der Waals surface area contributed by atoms with Gasteiger partial charge in [0.15, 0.2) is 11.5 Å². The number of carbonyl (C=O) groups excluding carboxylic acids is 2. The van der Waals surface area contributed by atoms with Crippen LogP contribution in [0.4, 0.5) is 23.8 Å². The number of carbonyl (C=O) groups is 2. The average Bonchev–Trinajstić information content (AvgIpc) is 2.65. The van der Waals surface area contributed by atoms with Crippen molar-refractivity contribution in [3.63, 3.8) is 0 Å². The van der Waals surface area contributed by atoms with Crippen LogP contribution in [0.15, 0.2) is 42.5 Å². The lowest BCUT2D eigenvalue weighted by atomic mass is 10.1. The number of halogens is 3. The monoisotopic (exact) mass is 397 g/mol. The molecule has 2 aromatic rings. The van der Waals surface area contributed by atoms with Gasteiger partial charge in [0.25, 0.3) is 0 Å². The first kappa shape index (κ1) is 21.2. The second-order valence-electron chi connectivity index (χ2n) is 5.60. The standard InChI is InChI=1S/C18H18F3N3O4/c1-2-27-16(25)15-13(10-18(19,20)21)8-9-14(23-15)24(22)17(26)28-11-12-6-4-3-5-7-12/h3-9H,2,10-11,22H2,1H3. The van der Waals surface area contributed by atoms with E-state index in [2.05, 4.69) is 4.98 Å². The summed E-state index contributed by atoms with van der Waals surface area (Å²) >= 11 is 0. The van der Waals surface area contributed by atoms with Crippen LogP contribution in [0.25, 0.3) is 0 Å². The van der Waals surface area contributed by atoms with E-state index in [4.69, 9.17) is 15.3 Å². The number of nitrogens with zero attached hydrogens (tertiary/aromatic N) is 2. The molecule has 2 rings (SSSR count). The zero-order valence-corrected chi connectivity index (χ0v) is 14.9. The molecule has 0 saturated carbocycles. The van der Waals surface area contributed by atoms with Gasteiger partial charge in [0.05, 0.1) is 13.0 Å². The second-order valence-corrected chi connectivity index (χ2v) is 5.60. The molecule has 0 aliphatic carbocycles. The van der Waals surface area contributed by atoms with Gasteiger partial charge >= 0.3 is 18.2 Å². The second kappa shape index (κ2) is 9.18. The van der Waals surface area contributed by atoms with Crippen LogP contribution < -0.4 is 10.9 Å². The number of amides is 1. The summed E-state index contributed by atoms with van der Waals surface area (Å²) in [7, 11) is 0. The van der Waals surface area contributed by atoms with Crippen molar-refractivity contribution in [1.82, 2.24) is 4.98 Å². The minimum absolute atomic E-state index is 0.0539. The summed E-state index contributed by atoms with van der Waals surface area (Å²) in [5, 5.41) is 0.503. The number of hydrogen-bond acceptors (Lipinski definition) is 6. The number of rotatable bonds is 6. The number of aromatic nitrogens is 1. The Kier molecular flexibility index (Phi) is 6.94. The summed E-state index contributed by atoms with van der Waals surface area (Å²) in [6.45, 7) is 1.38. The number of anilines is 1. The normalized spacial score (nSPS) is 11.0. The highest BCUT2D eigenvalue weighted by Gasteiger charge is 2.31. The number of hydrogen-bond donors (Lipinski definition) is 1. The predicted molar refractivity (Wildman–Crippen MR) is 93.2 cm³/mol. The maximum absolute atomic E-state index is 12.7. The number of alkyl halides is 3. The summed E-state index contributed by atoms with van der Waals surface area (Å²) in [5.74, 6) is 4.34. The van der Waals surface area contributed by atoms with E-state index in [1.165, 1.54) is 6.92 Å². The van der Waals surface area contributed by atoms with Gasteiger partial charge in [0, 0.05) is 0 Å². The zero-order chi connectivity index (χ0) is 20.7. The highest BCUT2D eigenvalue weighted by atomic mass is 19.4. The van der Waals surface area contributed by atoms with Crippen molar-refractivity contribution in [3.05, 3.63) is 59.3 Å². The lowest BCUT2D eigenvalue weighted by Gasteiger charge is -2.18. The van der Waals surface area contributed by atoms with E-state index in [0.717, 1.165) is 12.1 Å². The number of pyridine rings is 1. The molecule has 0 atom stereocenters. The molecule has 28 heavy (non-hydrogen) atoms. The first-order valence-corrected chi connectivity index (χ1v) is 8.20. The molecule has 0 fully saturated rings. The fourth-order valence-corrected chi connectivity index (χ4v) is 2.23. The molecule has 0 aliphatic rings. The van der Waals surface area contributed by atoms with Crippen molar-refractivity contribution in [2.75, 3.05) is 11.6 Å². The Balaban J connectivity index is 2.20. The Hall–Kier alpha value is -3.14. The molecule has 0 bridgehead atoms. The molecule has 0 aliphatic heterocycles. The van der Waals surface area contributed by atoms with E-state index >= 15 is 0 Å². The molecule has 1 amide bonds. The van der Waals surface area contributed by atoms with Crippen LogP contribution in [-0.2, 0) is 22.5 Å². The Bertz CT molecular complexity index is 829. The van der Waals surface area contributed by atoms with Crippen molar-refractivity contribution in [3.8, 4) is 0 Å². The Morgan fingerprint density at radius 3 is 2.39 bits per heavy atom. The smallest absolute Gasteiger partial charge is 0.430 e. The highest BCUT2D eigenvalue weighted by molar-refractivity contribution is 5.91. The van der Waals surface area contributed by atoms with Gasteiger partial charge in [-0.25, -0.2) is 20.4 Å². The van der Waals surface area contributed by atoms with Crippen LogP contribution in [0.1, 0.15) is 28.5 Å². The van der Waals surface area contributed by atoms with Gasteiger partial charge in [0.2, 0.25) is 0 Å². The van der Waals surface area contributed by atoms with Crippen LogP contribution in [-0.4, -0.2) is 29.8 Å². The maximum Gasteiger partial charge on any atom is 0.430 e. The highest BCUT2D eigenvalue weighted by Crippen LogP contribution is 2.25. The summed E-state index contributed by atoms with van der Waals surface area (Å²) in [5.41, 5.74) is -0.242. The van der Waals surface area contributed by atoms with Crippen molar-refractivity contribution < 1.29 is 32.2 Å². The number of benzene rings is 1. The average molecular weight is 397 g/mol. The van der Waals surface area contributed by atoms with Gasteiger partial charge < -0.3 is 9.47 Å². The molecular formula is C18H18F3N3O4. The van der Waals surface area contributed by atoms with E-state index in [1.54, 1.807) is 30.3 Å². The van der Waals surface area contributed by atoms with E-state index in [0.29, 0.717) is 10.6 Å². The first-order valence-electron chi connectivity index (χ1n) is 8.20. The summed E-state index contributed by atoms with van der Waals surface area (Å²) in [6.07, 6.45) is -6.92.